The van der Waals surface area contributed by atoms with Crippen molar-refractivity contribution in [1.82, 2.24) is 9.59 Å². The summed E-state index contributed by atoms with van der Waals surface area (Å²) >= 11 is 2.60. The summed E-state index contributed by atoms with van der Waals surface area (Å²) in [6.45, 7) is 0. The molecule has 1 aromatic rings. The van der Waals surface area contributed by atoms with E-state index in [1.54, 1.807) is 0 Å². The standard InChI is InChI=1S/C4H5N3OS2/c1-9-4-2(3(5)8)6-7-10-4/h1H3,(H2,5,8). The van der Waals surface area contributed by atoms with E-state index in [-0.39, 0.29) is 5.69 Å². The molecule has 54 valence electrons. The van der Waals surface area contributed by atoms with Gasteiger partial charge in [0.25, 0.3) is 5.91 Å². The Labute approximate surface area is 66.0 Å². The second-order valence-corrected chi connectivity index (χ2v) is 3.31. The molecule has 2 N–H and O–H groups in total. The highest BCUT2D eigenvalue weighted by Crippen LogP contribution is 2.21. The first-order valence-corrected chi connectivity index (χ1v) is 4.41. The van der Waals surface area contributed by atoms with E-state index in [0.29, 0.717) is 0 Å². The maximum absolute atomic E-state index is 10.6. The van der Waals surface area contributed by atoms with Crippen molar-refractivity contribution in [2.24, 2.45) is 5.73 Å². The monoisotopic (exact) mass is 175 g/mol. The Bertz CT molecular complexity index is 246. The minimum Gasteiger partial charge on any atom is -0.364 e. The maximum atomic E-state index is 10.6. The highest BCUT2D eigenvalue weighted by atomic mass is 32.2. The number of hydrogen-bond donors (Lipinski definition) is 1. The Morgan fingerprint density at radius 3 is 2.90 bits per heavy atom. The Balaban J connectivity index is 3.01. The second-order valence-electron chi connectivity index (χ2n) is 1.48. The summed E-state index contributed by atoms with van der Waals surface area (Å²) in [4.78, 5) is 10.6. The molecule has 1 aromatic heterocycles. The largest absolute Gasteiger partial charge is 0.364 e. The molecule has 0 bridgehead atoms. The average Bonchev–Trinajstić information content (AvgIpc) is 2.33. The fourth-order valence-corrected chi connectivity index (χ4v) is 1.62. The molecule has 0 unspecified atom stereocenters. The van der Waals surface area contributed by atoms with Crippen molar-refractivity contribution < 1.29 is 4.79 Å². The highest BCUT2D eigenvalue weighted by Gasteiger charge is 2.11. The zero-order valence-corrected chi connectivity index (χ0v) is 6.83. The van der Waals surface area contributed by atoms with Gasteiger partial charge in [-0.1, -0.05) is 4.49 Å². The third-order valence-electron chi connectivity index (χ3n) is 0.877. The van der Waals surface area contributed by atoms with E-state index in [2.05, 4.69) is 9.59 Å². The lowest BCUT2D eigenvalue weighted by Crippen LogP contribution is -2.12. The Morgan fingerprint density at radius 2 is 2.50 bits per heavy atom. The van der Waals surface area contributed by atoms with E-state index in [1.165, 1.54) is 23.3 Å². The number of hydrogen-bond acceptors (Lipinski definition) is 5. The quantitative estimate of drug-likeness (QED) is 0.659. The molecule has 1 amide bonds. The molecule has 0 atom stereocenters. The predicted octanol–water partition coefficient (Wildman–Crippen LogP) is 0.359. The number of nitrogens with two attached hydrogens (primary N) is 1. The smallest absolute Gasteiger partial charge is 0.271 e. The number of nitrogens with zero attached hydrogens (tertiary/aromatic N) is 2. The fraction of sp³-hybridized carbons (Fsp3) is 0.250. The van der Waals surface area contributed by atoms with E-state index in [1.807, 2.05) is 6.26 Å². The minimum atomic E-state index is -0.516. The second kappa shape index (κ2) is 2.98. The molecule has 0 radical (unpaired) electrons. The molecule has 4 nitrogen and oxygen atoms in total. The van der Waals surface area contributed by atoms with Crippen molar-refractivity contribution >= 4 is 29.2 Å². The van der Waals surface area contributed by atoms with Crippen molar-refractivity contribution in [3.8, 4) is 0 Å². The van der Waals surface area contributed by atoms with Crippen LogP contribution >= 0.6 is 23.3 Å². The van der Waals surface area contributed by atoms with Crippen LogP contribution in [0, 0.1) is 0 Å². The third-order valence-corrected chi connectivity index (χ3v) is 2.69. The lowest BCUT2D eigenvalue weighted by molar-refractivity contribution is 0.0993. The van der Waals surface area contributed by atoms with Crippen LogP contribution in [0.4, 0.5) is 0 Å². The predicted molar refractivity (Wildman–Crippen MR) is 40.2 cm³/mol. The van der Waals surface area contributed by atoms with Gasteiger partial charge in [-0.25, -0.2) is 0 Å². The number of primary amides is 1. The van der Waals surface area contributed by atoms with E-state index in [0.717, 1.165) is 4.21 Å². The molecular weight excluding hydrogens is 170 g/mol. The van der Waals surface area contributed by atoms with Crippen LogP contribution in [0.3, 0.4) is 0 Å². The molecule has 0 spiro atoms. The van der Waals surface area contributed by atoms with Gasteiger partial charge in [-0.05, 0) is 17.8 Å². The topological polar surface area (TPSA) is 68.9 Å². The van der Waals surface area contributed by atoms with Crippen LogP contribution in [0.1, 0.15) is 10.5 Å². The first kappa shape index (κ1) is 7.49. The van der Waals surface area contributed by atoms with Gasteiger partial charge in [0, 0.05) is 0 Å². The van der Waals surface area contributed by atoms with E-state index >= 15 is 0 Å². The summed E-state index contributed by atoms with van der Waals surface area (Å²) < 4.78 is 4.36. The number of rotatable bonds is 2. The van der Waals surface area contributed by atoms with Crippen molar-refractivity contribution in [3.05, 3.63) is 5.69 Å². The third kappa shape index (κ3) is 1.27. The summed E-state index contributed by atoms with van der Waals surface area (Å²) in [7, 11) is 0. The minimum absolute atomic E-state index is 0.275. The molecule has 0 aliphatic rings. The molecule has 1 rings (SSSR count). The van der Waals surface area contributed by atoms with Crippen LogP contribution in [0.15, 0.2) is 4.21 Å². The van der Waals surface area contributed by atoms with Gasteiger partial charge in [0.1, 0.15) is 4.21 Å². The molecule has 0 fully saturated rings. The van der Waals surface area contributed by atoms with Crippen molar-refractivity contribution in [2.75, 3.05) is 6.26 Å². The number of carbonyl (C=O) groups excluding carboxylic acids is 1. The van der Waals surface area contributed by atoms with Crippen LogP contribution in [0.5, 0.6) is 0 Å². The van der Waals surface area contributed by atoms with Gasteiger partial charge in [0.05, 0.1) is 0 Å². The zero-order valence-electron chi connectivity index (χ0n) is 5.20. The van der Waals surface area contributed by atoms with Crippen LogP contribution < -0.4 is 5.73 Å². The van der Waals surface area contributed by atoms with Gasteiger partial charge < -0.3 is 5.73 Å². The fourth-order valence-electron chi connectivity index (χ4n) is 0.466. The number of thioether (sulfide) groups is 1. The highest BCUT2D eigenvalue weighted by molar-refractivity contribution is 8.00. The van der Waals surface area contributed by atoms with Crippen molar-refractivity contribution in [2.45, 2.75) is 4.21 Å². The summed E-state index contributed by atoms with van der Waals surface area (Å²) in [6.07, 6.45) is 1.85. The molecule has 0 aliphatic carbocycles. The van der Waals surface area contributed by atoms with E-state index in [4.69, 9.17) is 5.73 Å². The number of carbonyl (C=O) groups is 1. The summed E-state index contributed by atoms with van der Waals surface area (Å²) in [5.74, 6) is -0.516. The summed E-state index contributed by atoms with van der Waals surface area (Å²) in [5.41, 5.74) is 5.26. The van der Waals surface area contributed by atoms with Gasteiger partial charge in [0.2, 0.25) is 0 Å². The average molecular weight is 175 g/mol. The molecule has 0 saturated carbocycles. The summed E-state index contributed by atoms with van der Waals surface area (Å²) in [6, 6.07) is 0. The SMILES string of the molecule is CSc1snnc1C(N)=O. The molecule has 0 saturated heterocycles. The Kier molecular flexibility index (Phi) is 2.23. The Hall–Kier alpha value is -0.620. The van der Waals surface area contributed by atoms with Gasteiger partial charge in [-0.3, -0.25) is 4.79 Å². The molecule has 0 aliphatic heterocycles. The van der Waals surface area contributed by atoms with Gasteiger partial charge in [-0.2, -0.15) is 0 Å². The first-order valence-electron chi connectivity index (χ1n) is 2.42. The molecule has 10 heavy (non-hydrogen) atoms. The van der Waals surface area contributed by atoms with Crippen LogP contribution in [-0.4, -0.2) is 21.7 Å². The lowest BCUT2D eigenvalue weighted by atomic mass is 10.5. The molecule has 6 heteroatoms. The van der Waals surface area contributed by atoms with E-state index < -0.39 is 5.91 Å². The Morgan fingerprint density at radius 1 is 1.80 bits per heavy atom. The molecular formula is C4H5N3OS2. The normalized spacial score (nSPS) is 9.70. The zero-order chi connectivity index (χ0) is 7.56. The molecule has 0 aromatic carbocycles. The number of aromatic nitrogens is 2. The van der Waals surface area contributed by atoms with Gasteiger partial charge in [0.15, 0.2) is 5.69 Å². The lowest BCUT2D eigenvalue weighted by Gasteiger charge is -1.87. The van der Waals surface area contributed by atoms with Crippen LogP contribution in [-0.2, 0) is 0 Å². The van der Waals surface area contributed by atoms with E-state index in [9.17, 15) is 4.79 Å². The van der Waals surface area contributed by atoms with Gasteiger partial charge >= 0.3 is 0 Å². The van der Waals surface area contributed by atoms with Crippen LogP contribution in [0.25, 0.3) is 0 Å². The van der Waals surface area contributed by atoms with Crippen molar-refractivity contribution in [3.63, 3.8) is 0 Å². The van der Waals surface area contributed by atoms with Crippen molar-refractivity contribution in [1.29, 1.82) is 0 Å². The molecule has 1 heterocycles. The number of amides is 1. The van der Waals surface area contributed by atoms with Gasteiger partial charge in [-0.15, -0.1) is 16.9 Å². The maximum Gasteiger partial charge on any atom is 0.271 e. The van der Waals surface area contributed by atoms with Crippen LogP contribution in [0.2, 0.25) is 0 Å². The summed E-state index contributed by atoms with van der Waals surface area (Å²) in [5, 5.41) is 3.56. The first-order chi connectivity index (χ1) is 4.75.